The molecule has 0 aromatic heterocycles. The summed E-state index contributed by atoms with van der Waals surface area (Å²) < 4.78 is 0. The molecule has 0 saturated heterocycles. The molecule has 0 aromatic carbocycles. The van der Waals surface area contributed by atoms with Gasteiger partial charge in [-0.3, -0.25) is 0 Å². The van der Waals surface area contributed by atoms with Crippen LogP contribution < -0.4 is 0 Å². The van der Waals surface area contributed by atoms with Crippen LogP contribution in [0.5, 0.6) is 0 Å². The van der Waals surface area contributed by atoms with E-state index in [9.17, 15) is 0 Å². The van der Waals surface area contributed by atoms with Crippen molar-refractivity contribution >= 4 is 19.9 Å². The number of hydrogen-bond donors (Lipinski definition) is 0. The molecule has 0 bridgehead atoms. The Bertz CT molecular complexity index is 280. The van der Waals surface area contributed by atoms with Crippen LogP contribution in [0.25, 0.3) is 0 Å². The third kappa shape index (κ3) is 1.87. The summed E-state index contributed by atoms with van der Waals surface area (Å²) in [5.74, 6) is 0. The van der Waals surface area contributed by atoms with Crippen LogP contribution >= 0.6 is 11.1 Å². The van der Waals surface area contributed by atoms with Crippen molar-refractivity contribution in [1.82, 2.24) is 0 Å². The zero-order valence-electron chi connectivity index (χ0n) is 7.33. The maximum absolute atomic E-state index is 6.02. The molecule has 0 nitrogen and oxygen atoms in total. The van der Waals surface area contributed by atoms with Gasteiger partial charge >= 0.3 is 0 Å². The summed E-state index contributed by atoms with van der Waals surface area (Å²) in [5.41, 5.74) is 3.44. The highest BCUT2D eigenvalue weighted by Crippen LogP contribution is 2.35. The summed E-state index contributed by atoms with van der Waals surface area (Å²) in [4.78, 5) is 0. The van der Waals surface area contributed by atoms with Crippen LogP contribution in [0.4, 0.5) is 0 Å². The maximum Gasteiger partial charge on any atom is 0.184 e. The summed E-state index contributed by atoms with van der Waals surface area (Å²) in [7, 11) is 0.472. The van der Waals surface area contributed by atoms with Gasteiger partial charge in [0.25, 0.3) is 0 Å². The lowest BCUT2D eigenvalue weighted by molar-refractivity contribution is 1.02. The third-order valence-corrected chi connectivity index (χ3v) is 4.07. The van der Waals surface area contributed by atoms with Crippen molar-refractivity contribution < 1.29 is 0 Å². The van der Waals surface area contributed by atoms with E-state index in [1.54, 1.807) is 0 Å². The van der Waals surface area contributed by atoms with Crippen LogP contribution in [-0.4, -0.2) is 8.83 Å². The molecule has 0 spiro atoms. The van der Waals surface area contributed by atoms with Gasteiger partial charge in [0.15, 0.2) is 8.83 Å². The molecule has 2 rings (SSSR count). The van der Waals surface area contributed by atoms with Gasteiger partial charge in [0.1, 0.15) is 0 Å². The molecule has 2 radical (unpaired) electrons. The lowest BCUT2D eigenvalue weighted by Crippen LogP contribution is -2.03. The molecule has 2 aliphatic rings. The maximum atomic E-state index is 6.02. The van der Waals surface area contributed by atoms with E-state index in [1.165, 1.54) is 11.1 Å². The van der Waals surface area contributed by atoms with E-state index in [0.717, 1.165) is 12.8 Å². The zero-order chi connectivity index (χ0) is 9.10. The molecule has 2 aliphatic carbocycles. The molecule has 0 N–H and O–H groups in total. The van der Waals surface area contributed by atoms with Crippen LogP contribution in [0.3, 0.4) is 0 Å². The second-order valence-electron chi connectivity index (χ2n) is 3.29. The summed E-state index contributed by atoms with van der Waals surface area (Å²) >= 11 is 6.02. The van der Waals surface area contributed by atoms with Crippen molar-refractivity contribution in [2.75, 3.05) is 0 Å². The van der Waals surface area contributed by atoms with Crippen molar-refractivity contribution in [3.8, 4) is 0 Å². The predicted octanol–water partition coefficient (Wildman–Crippen LogP) is 3.41. The predicted molar refractivity (Wildman–Crippen MR) is 59.0 cm³/mol. The van der Waals surface area contributed by atoms with E-state index < -0.39 is 0 Å². The average Bonchev–Trinajstić information content (AvgIpc) is 2.76. The van der Waals surface area contributed by atoms with Crippen molar-refractivity contribution in [2.45, 2.75) is 18.4 Å². The van der Waals surface area contributed by atoms with E-state index in [0.29, 0.717) is 14.4 Å². The fourth-order valence-corrected chi connectivity index (χ4v) is 3.28. The minimum atomic E-state index is 0.472. The molecular weight excluding hydrogens is 196 g/mol. The molecule has 0 fully saturated rings. The SMILES string of the molecule is Cl[Si]C(C1=CC=CC1)C1=CC=CC1. The molecule has 0 unspecified atom stereocenters. The zero-order valence-corrected chi connectivity index (χ0v) is 9.09. The van der Waals surface area contributed by atoms with Gasteiger partial charge in [-0.15, -0.1) is 0 Å². The minimum Gasteiger partial charge on any atom is -0.170 e. The van der Waals surface area contributed by atoms with Gasteiger partial charge < -0.3 is 0 Å². The summed E-state index contributed by atoms with van der Waals surface area (Å²) in [6.07, 6.45) is 15.2. The van der Waals surface area contributed by atoms with E-state index in [4.69, 9.17) is 11.1 Å². The van der Waals surface area contributed by atoms with Gasteiger partial charge in [-0.25, -0.2) is 0 Å². The Labute approximate surface area is 86.2 Å². The molecule has 2 heteroatoms. The summed E-state index contributed by atoms with van der Waals surface area (Å²) in [6.45, 7) is 0. The lowest BCUT2D eigenvalue weighted by atomic mass is 10.0. The first-order chi connectivity index (χ1) is 6.42. The Kier molecular flexibility index (Phi) is 2.86. The Morgan fingerprint density at radius 1 is 1.08 bits per heavy atom. The van der Waals surface area contributed by atoms with Crippen molar-refractivity contribution in [3.63, 3.8) is 0 Å². The minimum absolute atomic E-state index is 0.472. The van der Waals surface area contributed by atoms with Crippen LogP contribution in [0.15, 0.2) is 47.6 Å². The topological polar surface area (TPSA) is 0 Å². The summed E-state index contributed by atoms with van der Waals surface area (Å²) in [6, 6.07) is 0. The van der Waals surface area contributed by atoms with Crippen LogP contribution in [0.1, 0.15) is 12.8 Å². The monoisotopic (exact) mass is 206 g/mol. The molecular formula is C11H11ClSi. The smallest absolute Gasteiger partial charge is 0.170 e. The Morgan fingerprint density at radius 3 is 1.92 bits per heavy atom. The van der Waals surface area contributed by atoms with Gasteiger partial charge in [0, 0.05) is 5.54 Å². The molecule has 0 amide bonds. The van der Waals surface area contributed by atoms with Gasteiger partial charge in [-0.05, 0) is 12.8 Å². The lowest BCUT2D eigenvalue weighted by Gasteiger charge is -2.15. The Balaban J connectivity index is 2.09. The normalized spacial score (nSPS) is 19.8. The number of halogens is 1. The van der Waals surface area contributed by atoms with E-state index in [1.807, 2.05) is 0 Å². The number of allylic oxidation sites excluding steroid dienone is 8. The van der Waals surface area contributed by atoms with Gasteiger partial charge in [-0.1, -0.05) is 47.6 Å². The first-order valence-electron chi connectivity index (χ1n) is 4.49. The highest BCUT2D eigenvalue weighted by Gasteiger charge is 2.19. The second kappa shape index (κ2) is 4.12. The first kappa shape index (κ1) is 9.04. The standard InChI is InChI=1S/C11H11ClSi/c12-13-11(9-5-1-2-6-9)10-7-3-4-8-10/h1-5,7,11H,6,8H2. The van der Waals surface area contributed by atoms with Gasteiger partial charge in [-0.2, -0.15) is 11.1 Å². The quantitative estimate of drug-likeness (QED) is 0.491. The molecule has 66 valence electrons. The fourth-order valence-electron chi connectivity index (χ4n) is 1.73. The highest BCUT2D eigenvalue weighted by atomic mass is 35.6. The van der Waals surface area contributed by atoms with Crippen molar-refractivity contribution in [1.29, 1.82) is 0 Å². The third-order valence-electron chi connectivity index (χ3n) is 2.45. The Hall–Kier alpha value is -0.533. The van der Waals surface area contributed by atoms with E-state index >= 15 is 0 Å². The highest BCUT2D eigenvalue weighted by molar-refractivity contribution is 6.95. The first-order valence-corrected chi connectivity index (χ1v) is 6.58. The fraction of sp³-hybridized carbons (Fsp3) is 0.273. The number of hydrogen-bond acceptors (Lipinski definition) is 0. The second-order valence-corrected chi connectivity index (χ2v) is 4.74. The molecule has 0 aromatic rings. The van der Waals surface area contributed by atoms with E-state index in [2.05, 4.69) is 36.5 Å². The average molecular weight is 207 g/mol. The Morgan fingerprint density at radius 2 is 1.62 bits per heavy atom. The van der Waals surface area contributed by atoms with Crippen molar-refractivity contribution in [3.05, 3.63) is 47.6 Å². The largest absolute Gasteiger partial charge is 0.184 e. The number of rotatable bonds is 3. The van der Waals surface area contributed by atoms with Crippen LogP contribution in [0.2, 0.25) is 5.54 Å². The molecule has 0 aliphatic heterocycles. The molecule has 13 heavy (non-hydrogen) atoms. The molecule has 0 atom stereocenters. The van der Waals surface area contributed by atoms with Crippen LogP contribution in [0, 0.1) is 0 Å². The van der Waals surface area contributed by atoms with Crippen molar-refractivity contribution in [2.24, 2.45) is 0 Å². The van der Waals surface area contributed by atoms with Gasteiger partial charge in [0.05, 0.1) is 0 Å². The molecule has 0 heterocycles. The van der Waals surface area contributed by atoms with Crippen LogP contribution in [-0.2, 0) is 0 Å². The van der Waals surface area contributed by atoms with E-state index in [-0.39, 0.29) is 0 Å². The summed E-state index contributed by atoms with van der Waals surface area (Å²) in [5, 5.41) is 0. The van der Waals surface area contributed by atoms with Gasteiger partial charge in [0.2, 0.25) is 0 Å². The molecule has 0 saturated carbocycles.